The van der Waals surface area contributed by atoms with E-state index in [4.69, 9.17) is 9.47 Å². The first kappa shape index (κ1) is 31.2. The average molecular weight is 587 g/mol. The van der Waals surface area contributed by atoms with Gasteiger partial charge in [-0.1, -0.05) is 38.5 Å². The Morgan fingerprint density at radius 1 is 0.429 bits per heavy atom. The first-order valence-corrected chi connectivity index (χ1v) is 18.7. The number of carbonyl (C=O) groups is 1. The molecule has 6 aliphatic carbocycles. The van der Waals surface area contributed by atoms with Crippen molar-refractivity contribution in [2.75, 3.05) is 0 Å². The molecule has 240 valence electrons. The van der Waals surface area contributed by atoms with Crippen molar-refractivity contribution in [3.8, 4) is 0 Å². The van der Waals surface area contributed by atoms with Crippen LogP contribution in [0.1, 0.15) is 167 Å². The summed E-state index contributed by atoms with van der Waals surface area (Å²) in [6.07, 6.45) is 30.7. The van der Waals surface area contributed by atoms with Gasteiger partial charge >= 0.3 is 6.16 Å². The number of hydrogen-bond donors (Lipinski definition) is 2. The van der Waals surface area contributed by atoms with Crippen LogP contribution in [0.2, 0.25) is 0 Å². The molecule has 0 heterocycles. The van der Waals surface area contributed by atoms with Crippen molar-refractivity contribution >= 4 is 6.16 Å². The number of carbonyl (C=O) groups excluding carboxylic acids is 1. The Kier molecular flexibility index (Phi) is 10.5. The van der Waals surface area contributed by atoms with Crippen molar-refractivity contribution < 1.29 is 24.5 Å². The van der Waals surface area contributed by atoms with E-state index in [1.165, 1.54) is 116 Å². The highest BCUT2D eigenvalue weighted by Crippen LogP contribution is 2.58. The van der Waals surface area contributed by atoms with E-state index < -0.39 is 6.16 Å². The zero-order valence-electron chi connectivity index (χ0n) is 26.6. The van der Waals surface area contributed by atoms with E-state index in [9.17, 15) is 15.0 Å². The van der Waals surface area contributed by atoms with Gasteiger partial charge in [-0.15, -0.1) is 0 Å². The van der Waals surface area contributed by atoms with Crippen LogP contribution in [-0.4, -0.2) is 40.8 Å². The van der Waals surface area contributed by atoms with Crippen LogP contribution in [0.4, 0.5) is 4.79 Å². The molecule has 0 radical (unpaired) electrons. The molecular formula is C37H62O5. The molecule has 5 nitrogen and oxygen atoms in total. The van der Waals surface area contributed by atoms with Crippen LogP contribution in [-0.2, 0) is 9.47 Å². The largest absolute Gasteiger partial charge is 0.508 e. The lowest BCUT2D eigenvalue weighted by atomic mass is 9.53. The van der Waals surface area contributed by atoms with Crippen LogP contribution in [0.15, 0.2) is 0 Å². The fourth-order valence-electron chi connectivity index (χ4n) is 11.8. The summed E-state index contributed by atoms with van der Waals surface area (Å²) in [7, 11) is 0. The molecule has 6 rings (SSSR count). The van der Waals surface area contributed by atoms with Gasteiger partial charge < -0.3 is 19.7 Å². The molecule has 0 unspecified atom stereocenters. The van der Waals surface area contributed by atoms with Gasteiger partial charge in [0.1, 0.15) is 12.2 Å². The van der Waals surface area contributed by atoms with Crippen LogP contribution in [0.25, 0.3) is 0 Å². The molecule has 0 amide bonds. The van der Waals surface area contributed by atoms with E-state index in [0.717, 1.165) is 75.0 Å². The predicted octanol–water partition coefficient (Wildman–Crippen LogP) is 9.26. The Bertz CT molecular complexity index is 760. The summed E-state index contributed by atoms with van der Waals surface area (Å²) < 4.78 is 11.9. The van der Waals surface area contributed by atoms with Crippen LogP contribution in [0, 0.1) is 34.5 Å². The third kappa shape index (κ3) is 6.87. The number of aliphatic hydroxyl groups is 2. The topological polar surface area (TPSA) is 76.0 Å². The Balaban J connectivity index is 0.962. The van der Waals surface area contributed by atoms with Crippen molar-refractivity contribution in [1.82, 2.24) is 0 Å². The maximum Gasteiger partial charge on any atom is 0.508 e. The molecule has 6 saturated carbocycles. The monoisotopic (exact) mass is 586 g/mol. The van der Waals surface area contributed by atoms with E-state index in [0.29, 0.717) is 10.8 Å². The van der Waals surface area contributed by atoms with E-state index in [1.807, 2.05) is 0 Å². The number of aliphatic hydroxyl groups excluding tert-OH is 2. The summed E-state index contributed by atoms with van der Waals surface area (Å²) >= 11 is 0. The molecule has 6 aliphatic rings. The summed E-state index contributed by atoms with van der Waals surface area (Å²) in [5, 5.41) is 20.3. The lowest BCUT2D eigenvalue weighted by Gasteiger charge is -2.53. The molecule has 0 saturated heterocycles. The minimum absolute atomic E-state index is 0.0195. The molecule has 0 aromatic carbocycles. The van der Waals surface area contributed by atoms with Gasteiger partial charge in [-0.05, 0) is 163 Å². The lowest BCUT2D eigenvalue weighted by Crippen LogP contribution is -2.44. The Hall–Kier alpha value is -0.810. The summed E-state index contributed by atoms with van der Waals surface area (Å²) in [5.74, 6) is 3.06. The lowest BCUT2D eigenvalue weighted by molar-refractivity contribution is -0.0687. The van der Waals surface area contributed by atoms with E-state index >= 15 is 0 Å². The van der Waals surface area contributed by atoms with Gasteiger partial charge in [-0.3, -0.25) is 0 Å². The van der Waals surface area contributed by atoms with Gasteiger partial charge in [0.05, 0.1) is 12.2 Å². The number of ether oxygens (including phenoxy) is 2. The van der Waals surface area contributed by atoms with E-state index in [1.54, 1.807) is 0 Å². The van der Waals surface area contributed by atoms with Crippen LogP contribution >= 0.6 is 0 Å². The van der Waals surface area contributed by atoms with Crippen LogP contribution in [0.5, 0.6) is 0 Å². The second-order valence-electron chi connectivity index (χ2n) is 16.0. The second-order valence-corrected chi connectivity index (χ2v) is 16.0. The minimum atomic E-state index is -0.413. The Labute approximate surface area is 256 Å². The molecule has 0 atom stereocenters. The molecule has 2 N–H and O–H groups in total. The quantitative estimate of drug-likeness (QED) is 0.303. The third-order valence-corrected chi connectivity index (χ3v) is 14.1. The average Bonchev–Trinajstić information content (AvgIpc) is 3.03. The SMILES string of the molecule is O=C(OC1CCC(C2(C3CCC(O)CC3)CCCCC2)CC1)OC1CCC(C2(C3CCC(O)CC3)CCCCC2)CC1. The fourth-order valence-corrected chi connectivity index (χ4v) is 11.8. The second kappa shape index (κ2) is 14.1. The van der Waals surface area contributed by atoms with Crippen molar-refractivity contribution in [2.45, 2.75) is 191 Å². The van der Waals surface area contributed by atoms with Gasteiger partial charge in [0.15, 0.2) is 0 Å². The molecule has 0 aromatic heterocycles. The molecule has 0 spiro atoms. The van der Waals surface area contributed by atoms with Crippen molar-refractivity contribution in [1.29, 1.82) is 0 Å². The zero-order valence-corrected chi connectivity index (χ0v) is 26.6. The molecular weight excluding hydrogens is 524 g/mol. The maximum absolute atomic E-state index is 12.9. The Morgan fingerprint density at radius 2 is 0.714 bits per heavy atom. The summed E-state index contributed by atoms with van der Waals surface area (Å²) in [6, 6.07) is 0. The van der Waals surface area contributed by atoms with Gasteiger partial charge in [-0.2, -0.15) is 0 Å². The highest BCUT2D eigenvalue weighted by atomic mass is 16.7. The van der Waals surface area contributed by atoms with E-state index in [2.05, 4.69) is 0 Å². The molecule has 5 heteroatoms. The summed E-state index contributed by atoms with van der Waals surface area (Å²) in [5.41, 5.74) is 0.936. The summed E-state index contributed by atoms with van der Waals surface area (Å²) in [6.45, 7) is 0. The van der Waals surface area contributed by atoms with Crippen molar-refractivity contribution in [3.63, 3.8) is 0 Å². The highest BCUT2D eigenvalue weighted by molar-refractivity contribution is 5.60. The van der Waals surface area contributed by atoms with Gasteiger partial charge in [-0.25, -0.2) is 4.79 Å². The minimum Gasteiger partial charge on any atom is -0.431 e. The standard InChI is InChI=1S/C37H62O5/c38-31-15-7-27(8-16-31)36(23-3-1-4-24-36)29-11-19-33(20-12-29)41-35(40)42-34-21-13-30(14-22-34)37(25-5-2-6-26-37)28-9-17-32(39)18-10-28/h27-34,38-39H,1-26H2. The fraction of sp³-hybridized carbons (Fsp3) is 0.973. The molecule has 0 bridgehead atoms. The predicted molar refractivity (Wildman–Crippen MR) is 166 cm³/mol. The van der Waals surface area contributed by atoms with Gasteiger partial charge in [0, 0.05) is 0 Å². The smallest absolute Gasteiger partial charge is 0.431 e. The van der Waals surface area contributed by atoms with Gasteiger partial charge in [0.2, 0.25) is 0 Å². The van der Waals surface area contributed by atoms with Crippen LogP contribution < -0.4 is 0 Å². The molecule has 42 heavy (non-hydrogen) atoms. The maximum atomic E-state index is 12.9. The molecule has 0 aliphatic heterocycles. The number of hydrogen-bond acceptors (Lipinski definition) is 5. The molecule has 6 fully saturated rings. The first-order chi connectivity index (χ1) is 20.5. The van der Waals surface area contributed by atoms with E-state index in [-0.39, 0.29) is 24.4 Å². The zero-order chi connectivity index (χ0) is 29.0. The van der Waals surface area contributed by atoms with Crippen molar-refractivity contribution in [2.24, 2.45) is 34.5 Å². The number of rotatable bonds is 6. The third-order valence-electron chi connectivity index (χ3n) is 14.1. The first-order valence-electron chi connectivity index (χ1n) is 18.7. The highest BCUT2D eigenvalue weighted by Gasteiger charge is 2.49. The Morgan fingerprint density at radius 3 is 1.02 bits per heavy atom. The van der Waals surface area contributed by atoms with Crippen LogP contribution in [0.3, 0.4) is 0 Å². The summed E-state index contributed by atoms with van der Waals surface area (Å²) in [4.78, 5) is 12.9. The van der Waals surface area contributed by atoms with Crippen molar-refractivity contribution in [3.05, 3.63) is 0 Å². The molecule has 0 aromatic rings. The van der Waals surface area contributed by atoms with Gasteiger partial charge in [0.25, 0.3) is 0 Å². The normalized spacial score (nSPS) is 41.0.